The predicted molar refractivity (Wildman–Crippen MR) is 72.0 cm³/mol. The van der Waals surface area contributed by atoms with Gasteiger partial charge < -0.3 is 0 Å². The molecule has 0 heterocycles. The van der Waals surface area contributed by atoms with Crippen molar-refractivity contribution in [1.29, 1.82) is 5.26 Å². The van der Waals surface area contributed by atoms with E-state index >= 15 is 0 Å². The number of nitriles is 1. The maximum Gasteiger partial charge on any atom is 0.0863 e. The Labute approximate surface area is 105 Å². The van der Waals surface area contributed by atoms with Gasteiger partial charge in [-0.25, -0.2) is 0 Å². The summed E-state index contributed by atoms with van der Waals surface area (Å²) >= 11 is 0. The Morgan fingerprint density at radius 3 is 2.24 bits per heavy atom. The standard InChI is InChI=1S/C15H22N2/c1-15(2,3)14-7-5-13(6-8-14)9-11-17(4)12-10-16/h5-8H,9,11-12H2,1-4H3. The summed E-state index contributed by atoms with van der Waals surface area (Å²) in [6.45, 7) is 8.11. The van der Waals surface area contributed by atoms with E-state index in [1.54, 1.807) is 0 Å². The lowest BCUT2D eigenvalue weighted by Crippen LogP contribution is -2.21. The van der Waals surface area contributed by atoms with Crippen molar-refractivity contribution >= 4 is 0 Å². The van der Waals surface area contributed by atoms with Crippen LogP contribution >= 0.6 is 0 Å². The van der Waals surface area contributed by atoms with Gasteiger partial charge in [-0.05, 0) is 30.0 Å². The average Bonchev–Trinajstić information content (AvgIpc) is 2.26. The van der Waals surface area contributed by atoms with Gasteiger partial charge in [0.1, 0.15) is 0 Å². The normalized spacial score (nSPS) is 11.5. The van der Waals surface area contributed by atoms with Gasteiger partial charge in [0.15, 0.2) is 0 Å². The van der Waals surface area contributed by atoms with Crippen LogP contribution in [-0.2, 0) is 11.8 Å². The van der Waals surface area contributed by atoms with Gasteiger partial charge in [-0.15, -0.1) is 0 Å². The van der Waals surface area contributed by atoms with Gasteiger partial charge in [0, 0.05) is 6.54 Å². The smallest absolute Gasteiger partial charge is 0.0863 e. The van der Waals surface area contributed by atoms with Gasteiger partial charge in [-0.3, -0.25) is 4.90 Å². The number of likely N-dealkylation sites (N-methyl/N-ethyl adjacent to an activating group) is 1. The van der Waals surface area contributed by atoms with Crippen molar-refractivity contribution < 1.29 is 0 Å². The molecular formula is C15H22N2. The van der Waals surface area contributed by atoms with Gasteiger partial charge in [-0.1, -0.05) is 45.0 Å². The summed E-state index contributed by atoms with van der Waals surface area (Å²) in [5, 5.41) is 8.57. The van der Waals surface area contributed by atoms with Crippen LogP contribution in [0.15, 0.2) is 24.3 Å². The fraction of sp³-hybridized carbons (Fsp3) is 0.533. The molecule has 1 aromatic carbocycles. The van der Waals surface area contributed by atoms with Crippen LogP contribution in [0.4, 0.5) is 0 Å². The molecule has 0 atom stereocenters. The number of hydrogen-bond acceptors (Lipinski definition) is 2. The summed E-state index contributed by atoms with van der Waals surface area (Å²) in [5.41, 5.74) is 2.92. The lowest BCUT2D eigenvalue weighted by atomic mass is 9.86. The summed E-state index contributed by atoms with van der Waals surface area (Å²) in [6.07, 6.45) is 1.00. The molecule has 0 saturated heterocycles. The van der Waals surface area contributed by atoms with E-state index in [4.69, 9.17) is 5.26 Å². The molecule has 0 aliphatic rings. The van der Waals surface area contributed by atoms with Crippen molar-refractivity contribution in [2.45, 2.75) is 32.6 Å². The van der Waals surface area contributed by atoms with Gasteiger partial charge >= 0.3 is 0 Å². The van der Waals surface area contributed by atoms with E-state index in [9.17, 15) is 0 Å². The van der Waals surface area contributed by atoms with Crippen molar-refractivity contribution in [2.75, 3.05) is 20.1 Å². The molecule has 0 amide bonds. The molecule has 17 heavy (non-hydrogen) atoms. The number of rotatable bonds is 4. The number of nitrogens with zero attached hydrogens (tertiary/aromatic N) is 2. The Kier molecular flexibility index (Phi) is 4.72. The molecule has 0 bridgehead atoms. The number of hydrogen-bond donors (Lipinski definition) is 0. The zero-order valence-corrected chi connectivity index (χ0v) is 11.3. The van der Waals surface area contributed by atoms with Crippen LogP contribution in [0.25, 0.3) is 0 Å². The second-order valence-electron chi connectivity index (χ2n) is 5.59. The molecule has 0 unspecified atom stereocenters. The summed E-state index contributed by atoms with van der Waals surface area (Å²) in [4.78, 5) is 2.04. The highest BCUT2D eigenvalue weighted by atomic mass is 15.1. The summed E-state index contributed by atoms with van der Waals surface area (Å²) in [7, 11) is 1.98. The first-order valence-corrected chi connectivity index (χ1v) is 6.08. The first-order valence-electron chi connectivity index (χ1n) is 6.08. The minimum atomic E-state index is 0.218. The Hall–Kier alpha value is -1.33. The molecule has 0 spiro atoms. The lowest BCUT2D eigenvalue weighted by Gasteiger charge is -2.19. The second kappa shape index (κ2) is 5.84. The van der Waals surface area contributed by atoms with E-state index in [-0.39, 0.29) is 5.41 Å². The van der Waals surface area contributed by atoms with Crippen LogP contribution in [0.1, 0.15) is 31.9 Å². The topological polar surface area (TPSA) is 27.0 Å². The largest absolute Gasteiger partial charge is 0.293 e. The van der Waals surface area contributed by atoms with E-state index in [1.165, 1.54) is 11.1 Å². The molecule has 2 nitrogen and oxygen atoms in total. The van der Waals surface area contributed by atoms with Crippen molar-refractivity contribution in [3.63, 3.8) is 0 Å². The van der Waals surface area contributed by atoms with E-state index < -0.39 is 0 Å². The minimum Gasteiger partial charge on any atom is -0.293 e. The van der Waals surface area contributed by atoms with Crippen molar-refractivity contribution in [3.05, 3.63) is 35.4 Å². The zero-order chi connectivity index (χ0) is 12.9. The second-order valence-corrected chi connectivity index (χ2v) is 5.59. The fourth-order valence-electron chi connectivity index (χ4n) is 1.69. The Balaban J connectivity index is 2.55. The first-order chi connectivity index (χ1) is 7.93. The highest BCUT2D eigenvalue weighted by Gasteiger charge is 2.12. The highest BCUT2D eigenvalue weighted by Crippen LogP contribution is 2.22. The monoisotopic (exact) mass is 230 g/mol. The molecule has 0 aliphatic carbocycles. The van der Waals surface area contributed by atoms with E-state index in [0.717, 1.165) is 13.0 Å². The van der Waals surface area contributed by atoms with Crippen LogP contribution in [0.5, 0.6) is 0 Å². The molecule has 0 saturated carbocycles. The maximum atomic E-state index is 8.57. The molecule has 0 N–H and O–H groups in total. The molecule has 0 aromatic heterocycles. The molecule has 1 rings (SSSR count). The van der Waals surface area contributed by atoms with Gasteiger partial charge in [0.2, 0.25) is 0 Å². The van der Waals surface area contributed by atoms with Gasteiger partial charge in [0.05, 0.1) is 12.6 Å². The van der Waals surface area contributed by atoms with Crippen molar-refractivity contribution in [3.8, 4) is 6.07 Å². The van der Waals surface area contributed by atoms with E-state index in [2.05, 4.69) is 51.1 Å². The summed E-state index contributed by atoms with van der Waals surface area (Å²) < 4.78 is 0. The maximum absolute atomic E-state index is 8.57. The summed E-state index contributed by atoms with van der Waals surface area (Å²) in [6, 6.07) is 11.0. The lowest BCUT2D eigenvalue weighted by molar-refractivity contribution is 0.379. The minimum absolute atomic E-state index is 0.218. The zero-order valence-electron chi connectivity index (χ0n) is 11.3. The molecule has 0 aliphatic heterocycles. The predicted octanol–water partition coefficient (Wildman–Crippen LogP) is 2.98. The van der Waals surface area contributed by atoms with Crippen LogP contribution in [-0.4, -0.2) is 25.0 Å². The molecule has 92 valence electrons. The Bertz CT molecular complexity index is 379. The molecular weight excluding hydrogens is 208 g/mol. The van der Waals surface area contributed by atoms with Crippen molar-refractivity contribution in [2.24, 2.45) is 0 Å². The van der Waals surface area contributed by atoms with Gasteiger partial charge in [0.25, 0.3) is 0 Å². The Morgan fingerprint density at radius 1 is 1.18 bits per heavy atom. The third-order valence-corrected chi connectivity index (χ3v) is 2.94. The van der Waals surface area contributed by atoms with Crippen LogP contribution in [0.3, 0.4) is 0 Å². The highest BCUT2D eigenvalue weighted by molar-refractivity contribution is 5.27. The van der Waals surface area contributed by atoms with Gasteiger partial charge in [-0.2, -0.15) is 5.26 Å². The molecule has 1 aromatic rings. The number of benzene rings is 1. The van der Waals surface area contributed by atoms with Crippen LogP contribution in [0.2, 0.25) is 0 Å². The van der Waals surface area contributed by atoms with Crippen LogP contribution < -0.4 is 0 Å². The van der Waals surface area contributed by atoms with E-state index in [0.29, 0.717) is 6.54 Å². The van der Waals surface area contributed by atoms with Crippen LogP contribution in [0, 0.1) is 11.3 Å². The SMILES string of the molecule is CN(CC#N)CCc1ccc(C(C)(C)C)cc1. The molecule has 0 radical (unpaired) electrons. The van der Waals surface area contributed by atoms with Crippen molar-refractivity contribution in [1.82, 2.24) is 4.90 Å². The quantitative estimate of drug-likeness (QED) is 0.744. The first kappa shape index (κ1) is 13.7. The average molecular weight is 230 g/mol. The third-order valence-electron chi connectivity index (χ3n) is 2.94. The molecule has 2 heteroatoms. The Morgan fingerprint density at radius 2 is 1.76 bits per heavy atom. The summed E-state index contributed by atoms with van der Waals surface area (Å²) in [5.74, 6) is 0. The van der Waals surface area contributed by atoms with E-state index in [1.807, 2.05) is 11.9 Å². The fourth-order valence-corrected chi connectivity index (χ4v) is 1.69. The molecule has 0 fully saturated rings. The third kappa shape index (κ3) is 4.58.